The minimum absolute atomic E-state index is 0.163. The van der Waals surface area contributed by atoms with E-state index >= 15 is 0 Å². The molecule has 130 valence electrons. The van der Waals surface area contributed by atoms with Gasteiger partial charge in [0.05, 0.1) is 6.61 Å². The standard InChI is InChI=1S/C18H23NO5/c1-5-23-16(21)15(20)14-10-8-13(9-11-14)7-6-12-19-17(22)24-18(2,3)4/h6-11H,5,12H2,1-4H3,(H,19,22). The number of carbonyl (C=O) groups excluding carboxylic acids is 3. The van der Waals surface area contributed by atoms with Gasteiger partial charge in [-0.25, -0.2) is 9.59 Å². The van der Waals surface area contributed by atoms with Crippen molar-refractivity contribution in [1.82, 2.24) is 5.32 Å². The number of Topliss-reactive ketones (excluding diaryl/α,β-unsaturated/α-hetero) is 1. The van der Waals surface area contributed by atoms with Crippen LogP contribution in [0.2, 0.25) is 0 Å². The summed E-state index contributed by atoms with van der Waals surface area (Å²) in [4.78, 5) is 34.6. The van der Waals surface area contributed by atoms with Gasteiger partial charge in [-0.3, -0.25) is 4.79 Å². The number of alkyl carbamates (subject to hydrolysis) is 1. The molecule has 0 bridgehead atoms. The molecular weight excluding hydrogens is 310 g/mol. The van der Waals surface area contributed by atoms with Crippen molar-refractivity contribution in [3.63, 3.8) is 0 Å². The third kappa shape index (κ3) is 7.09. The van der Waals surface area contributed by atoms with Crippen LogP contribution in [0.4, 0.5) is 4.79 Å². The predicted molar refractivity (Wildman–Crippen MR) is 90.7 cm³/mol. The van der Waals surface area contributed by atoms with Gasteiger partial charge in [-0.15, -0.1) is 0 Å². The van der Waals surface area contributed by atoms with Crippen LogP contribution < -0.4 is 5.32 Å². The molecule has 0 fully saturated rings. The highest BCUT2D eigenvalue weighted by atomic mass is 16.6. The summed E-state index contributed by atoms with van der Waals surface area (Å²) < 4.78 is 9.78. The van der Waals surface area contributed by atoms with Gasteiger partial charge in [0, 0.05) is 12.1 Å². The van der Waals surface area contributed by atoms with Crippen molar-refractivity contribution in [2.45, 2.75) is 33.3 Å². The summed E-state index contributed by atoms with van der Waals surface area (Å²) in [6, 6.07) is 6.52. The fourth-order valence-electron chi connectivity index (χ4n) is 1.71. The van der Waals surface area contributed by atoms with Crippen molar-refractivity contribution in [1.29, 1.82) is 0 Å². The zero-order valence-electron chi connectivity index (χ0n) is 14.4. The molecule has 0 saturated heterocycles. The normalized spacial score (nSPS) is 11.2. The smallest absolute Gasteiger partial charge is 0.407 e. The van der Waals surface area contributed by atoms with Gasteiger partial charge in [0.25, 0.3) is 5.78 Å². The number of ketones is 1. The van der Waals surface area contributed by atoms with Crippen molar-refractivity contribution < 1.29 is 23.9 Å². The van der Waals surface area contributed by atoms with Gasteiger partial charge in [0.2, 0.25) is 0 Å². The van der Waals surface area contributed by atoms with Gasteiger partial charge in [-0.05, 0) is 33.3 Å². The van der Waals surface area contributed by atoms with E-state index < -0.39 is 23.4 Å². The minimum Gasteiger partial charge on any atom is -0.460 e. The van der Waals surface area contributed by atoms with Crippen molar-refractivity contribution in [3.05, 3.63) is 41.5 Å². The first-order valence-electron chi connectivity index (χ1n) is 7.68. The maximum absolute atomic E-state index is 11.7. The molecule has 24 heavy (non-hydrogen) atoms. The third-order valence-corrected chi connectivity index (χ3v) is 2.71. The van der Waals surface area contributed by atoms with Gasteiger partial charge in [-0.1, -0.05) is 36.4 Å². The summed E-state index contributed by atoms with van der Waals surface area (Å²) in [5.41, 5.74) is 0.577. The molecule has 0 aliphatic carbocycles. The number of carbonyl (C=O) groups is 3. The quantitative estimate of drug-likeness (QED) is 0.492. The molecule has 1 aromatic rings. The molecule has 0 unspecified atom stereocenters. The van der Waals surface area contributed by atoms with Crippen LogP contribution in [0.3, 0.4) is 0 Å². The molecule has 6 nitrogen and oxygen atoms in total. The lowest BCUT2D eigenvalue weighted by Gasteiger charge is -2.19. The average Bonchev–Trinajstić information content (AvgIpc) is 2.50. The maximum atomic E-state index is 11.7. The Kier molecular flexibility index (Phi) is 7.17. The second kappa shape index (κ2) is 8.86. The maximum Gasteiger partial charge on any atom is 0.407 e. The second-order valence-corrected chi connectivity index (χ2v) is 5.96. The van der Waals surface area contributed by atoms with Gasteiger partial charge in [-0.2, -0.15) is 0 Å². The summed E-state index contributed by atoms with van der Waals surface area (Å²) in [5, 5.41) is 2.60. The van der Waals surface area contributed by atoms with Gasteiger partial charge in [0.1, 0.15) is 5.60 Å². The zero-order valence-corrected chi connectivity index (χ0v) is 14.4. The monoisotopic (exact) mass is 333 g/mol. The Morgan fingerprint density at radius 3 is 2.29 bits per heavy atom. The number of rotatable bonds is 6. The van der Waals surface area contributed by atoms with Crippen LogP contribution >= 0.6 is 0 Å². The molecule has 0 aliphatic rings. The molecule has 0 radical (unpaired) electrons. The van der Waals surface area contributed by atoms with Crippen molar-refractivity contribution >= 4 is 23.9 Å². The number of hydrogen-bond acceptors (Lipinski definition) is 5. The highest BCUT2D eigenvalue weighted by molar-refractivity contribution is 6.40. The van der Waals surface area contributed by atoms with Crippen LogP contribution in [-0.2, 0) is 14.3 Å². The number of benzene rings is 1. The number of ether oxygens (including phenoxy) is 2. The molecule has 0 atom stereocenters. The molecule has 0 saturated carbocycles. The Morgan fingerprint density at radius 1 is 1.12 bits per heavy atom. The first-order chi connectivity index (χ1) is 11.2. The highest BCUT2D eigenvalue weighted by Crippen LogP contribution is 2.08. The fourth-order valence-corrected chi connectivity index (χ4v) is 1.71. The number of esters is 1. The lowest BCUT2D eigenvalue weighted by Crippen LogP contribution is -2.32. The van der Waals surface area contributed by atoms with Crippen LogP contribution in [0.25, 0.3) is 6.08 Å². The first kappa shape index (κ1) is 19.4. The van der Waals surface area contributed by atoms with Gasteiger partial charge in [0.15, 0.2) is 0 Å². The molecule has 0 spiro atoms. The molecule has 1 rings (SSSR count). The van der Waals surface area contributed by atoms with E-state index in [1.807, 2.05) is 0 Å². The number of hydrogen-bond donors (Lipinski definition) is 1. The van der Waals surface area contributed by atoms with Gasteiger partial charge >= 0.3 is 12.1 Å². The summed E-state index contributed by atoms with van der Waals surface area (Å²) in [7, 11) is 0. The molecule has 0 aromatic heterocycles. The van der Waals surface area contributed by atoms with E-state index in [0.717, 1.165) is 5.56 Å². The molecule has 1 amide bonds. The first-order valence-corrected chi connectivity index (χ1v) is 7.68. The Labute approximate surface area is 141 Å². The van der Waals surface area contributed by atoms with E-state index in [9.17, 15) is 14.4 Å². The van der Waals surface area contributed by atoms with Crippen LogP contribution in [0.1, 0.15) is 43.6 Å². The minimum atomic E-state index is -0.859. The van der Waals surface area contributed by atoms with E-state index in [4.69, 9.17) is 4.74 Å². The Bertz CT molecular complexity index is 611. The summed E-state index contributed by atoms with van der Waals surface area (Å²) in [6.07, 6.45) is 3.06. The topological polar surface area (TPSA) is 81.7 Å². The molecule has 0 aliphatic heterocycles. The number of amides is 1. The lowest BCUT2D eigenvalue weighted by atomic mass is 10.1. The van der Waals surface area contributed by atoms with E-state index in [1.165, 1.54) is 0 Å². The average molecular weight is 333 g/mol. The van der Waals surface area contributed by atoms with Crippen molar-refractivity contribution in [3.8, 4) is 0 Å². The van der Waals surface area contributed by atoms with E-state index in [-0.39, 0.29) is 12.2 Å². The fraction of sp³-hybridized carbons (Fsp3) is 0.389. The van der Waals surface area contributed by atoms with Crippen LogP contribution in [0.15, 0.2) is 30.3 Å². The lowest BCUT2D eigenvalue weighted by molar-refractivity contribution is -0.137. The summed E-state index contributed by atoms with van der Waals surface area (Å²) in [6.45, 7) is 7.50. The molecular formula is C18H23NO5. The van der Waals surface area contributed by atoms with Crippen LogP contribution in [0.5, 0.6) is 0 Å². The Morgan fingerprint density at radius 2 is 1.75 bits per heavy atom. The largest absolute Gasteiger partial charge is 0.460 e. The van der Waals surface area contributed by atoms with Gasteiger partial charge < -0.3 is 14.8 Å². The highest BCUT2D eigenvalue weighted by Gasteiger charge is 2.17. The van der Waals surface area contributed by atoms with E-state index in [1.54, 1.807) is 64.1 Å². The molecule has 1 aromatic carbocycles. The number of nitrogens with one attached hydrogen (secondary N) is 1. The Balaban J connectivity index is 2.51. The van der Waals surface area contributed by atoms with Crippen molar-refractivity contribution in [2.75, 3.05) is 13.2 Å². The summed E-state index contributed by atoms with van der Waals surface area (Å²) in [5.74, 6) is -1.53. The predicted octanol–water partition coefficient (Wildman–Crippen LogP) is 2.97. The van der Waals surface area contributed by atoms with E-state index in [2.05, 4.69) is 10.1 Å². The Hall–Kier alpha value is -2.63. The molecule has 1 N–H and O–H groups in total. The van der Waals surface area contributed by atoms with Crippen molar-refractivity contribution in [2.24, 2.45) is 0 Å². The second-order valence-electron chi connectivity index (χ2n) is 5.96. The molecule has 0 heterocycles. The SMILES string of the molecule is CCOC(=O)C(=O)c1ccc(C=CCNC(=O)OC(C)(C)C)cc1. The third-order valence-electron chi connectivity index (χ3n) is 2.71. The van der Waals surface area contributed by atoms with Crippen LogP contribution in [0, 0.1) is 0 Å². The zero-order chi connectivity index (χ0) is 18.2. The molecule has 6 heteroatoms. The van der Waals surface area contributed by atoms with E-state index in [0.29, 0.717) is 6.54 Å². The summed E-state index contributed by atoms with van der Waals surface area (Å²) >= 11 is 0. The van der Waals surface area contributed by atoms with Crippen LogP contribution in [-0.4, -0.2) is 36.6 Å².